The third-order valence-electron chi connectivity index (χ3n) is 4.79. The molecular formula is C21H24N2O6S. The highest BCUT2D eigenvalue weighted by Crippen LogP contribution is 2.42. The summed E-state index contributed by atoms with van der Waals surface area (Å²) in [6.45, 7) is 6.03. The zero-order valence-electron chi connectivity index (χ0n) is 17.3. The van der Waals surface area contributed by atoms with Gasteiger partial charge in [-0.25, -0.2) is 4.98 Å². The summed E-state index contributed by atoms with van der Waals surface area (Å²) in [4.78, 5) is 32.3. The van der Waals surface area contributed by atoms with Gasteiger partial charge in [0.1, 0.15) is 0 Å². The van der Waals surface area contributed by atoms with Crippen LogP contribution in [0.15, 0.2) is 29.5 Å². The number of amides is 1. The zero-order valence-corrected chi connectivity index (χ0v) is 18.1. The second-order valence-corrected chi connectivity index (χ2v) is 8.00. The number of carbonyl (C=O) groups excluding carboxylic acids is 2. The maximum atomic E-state index is 13.4. The Kier molecular flexibility index (Phi) is 6.42. The number of carbonyl (C=O) groups is 2. The van der Waals surface area contributed by atoms with E-state index < -0.39 is 23.5 Å². The van der Waals surface area contributed by atoms with E-state index in [1.165, 1.54) is 29.4 Å². The lowest BCUT2D eigenvalue weighted by Gasteiger charge is -2.27. The molecule has 8 nitrogen and oxygen atoms in total. The van der Waals surface area contributed by atoms with E-state index in [0.29, 0.717) is 22.7 Å². The third-order valence-corrected chi connectivity index (χ3v) is 5.87. The fourth-order valence-electron chi connectivity index (χ4n) is 3.49. The van der Waals surface area contributed by atoms with Crippen molar-refractivity contribution in [3.8, 4) is 11.5 Å². The van der Waals surface area contributed by atoms with E-state index >= 15 is 0 Å². The van der Waals surface area contributed by atoms with Crippen molar-refractivity contribution < 1.29 is 29.3 Å². The van der Waals surface area contributed by atoms with E-state index in [2.05, 4.69) is 4.98 Å². The lowest BCUT2D eigenvalue weighted by molar-refractivity contribution is -0.130. The average molecular weight is 432 g/mol. The van der Waals surface area contributed by atoms with Crippen LogP contribution in [0.4, 0.5) is 0 Å². The summed E-state index contributed by atoms with van der Waals surface area (Å²) in [5.41, 5.74) is 1.06. The van der Waals surface area contributed by atoms with Crippen molar-refractivity contribution in [2.75, 3.05) is 26.9 Å². The molecule has 1 aliphatic heterocycles. The number of aliphatic hydroxyl groups excluding tert-OH is 1. The third kappa shape index (κ3) is 3.90. The highest BCUT2D eigenvalue weighted by Gasteiger charge is 2.44. The van der Waals surface area contributed by atoms with Gasteiger partial charge in [-0.1, -0.05) is 6.07 Å². The molecule has 2 aromatic rings. The molecule has 1 atom stereocenters. The highest BCUT2D eigenvalue weighted by molar-refractivity contribution is 7.14. The molecule has 0 saturated carbocycles. The summed E-state index contributed by atoms with van der Waals surface area (Å²) in [5, 5.41) is 21.4. The van der Waals surface area contributed by atoms with Crippen LogP contribution in [0.2, 0.25) is 0 Å². The van der Waals surface area contributed by atoms with Crippen molar-refractivity contribution in [2.45, 2.75) is 26.8 Å². The predicted molar refractivity (Wildman–Crippen MR) is 111 cm³/mol. The van der Waals surface area contributed by atoms with Gasteiger partial charge in [0, 0.05) is 13.7 Å². The van der Waals surface area contributed by atoms with Gasteiger partial charge >= 0.3 is 0 Å². The van der Waals surface area contributed by atoms with E-state index in [9.17, 15) is 19.8 Å². The Morgan fingerprint density at radius 2 is 2.03 bits per heavy atom. The lowest BCUT2D eigenvalue weighted by atomic mass is 9.94. The average Bonchev–Trinajstić information content (AvgIpc) is 3.18. The van der Waals surface area contributed by atoms with Crippen LogP contribution in [0.3, 0.4) is 0 Å². The standard InChI is InChI=1S/C21H24N2O6S/c1-5-29-15-10-13(6-7-14(15)24)17-16(18(25)20-11(2)22-12(3)30-20)19(26)21(27)23(17)8-9-28-4/h6-7,10,17,24,26H,5,8-9H2,1-4H3. The Balaban J connectivity index is 2.13. The number of nitrogens with zero attached hydrogens (tertiary/aromatic N) is 2. The second kappa shape index (κ2) is 8.85. The molecule has 1 amide bonds. The molecule has 9 heteroatoms. The van der Waals surface area contributed by atoms with Crippen molar-refractivity contribution in [1.82, 2.24) is 9.88 Å². The molecule has 0 fully saturated rings. The van der Waals surface area contributed by atoms with Crippen LogP contribution in [-0.2, 0) is 9.53 Å². The van der Waals surface area contributed by atoms with Crippen molar-refractivity contribution in [3.05, 3.63) is 50.7 Å². The monoisotopic (exact) mass is 432 g/mol. The second-order valence-electron chi connectivity index (χ2n) is 6.79. The lowest BCUT2D eigenvalue weighted by Crippen LogP contribution is -2.34. The summed E-state index contributed by atoms with van der Waals surface area (Å²) >= 11 is 1.22. The molecule has 160 valence electrons. The first-order chi connectivity index (χ1) is 14.3. The molecular weight excluding hydrogens is 408 g/mol. The maximum absolute atomic E-state index is 13.4. The molecule has 1 aliphatic rings. The molecule has 0 saturated heterocycles. The zero-order chi connectivity index (χ0) is 22.0. The van der Waals surface area contributed by atoms with Gasteiger partial charge in [-0.05, 0) is 38.5 Å². The SMILES string of the molecule is CCOc1cc(C2C(C(=O)c3sc(C)nc3C)=C(O)C(=O)N2CCOC)ccc1O. The van der Waals surface area contributed by atoms with Gasteiger partial charge in [0.25, 0.3) is 5.91 Å². The molecule has 0 aliphatic carbocycles. The van der Waals surface area contributed by atoms with Crippen LogP contribution in [-0.4, -0.2) is 58.7 Å². The van der Waals surface area contributed by atoms with E-state index in [1.54, 1.807) is 32.9 Å². The first-order valence-electron chi connectivity index (χ1n) is 9.47. The highest BCUT2D eigenvalue weighted by atomic mass is 32.1. The summed E-state index contributed by atoms with van der Waals surface area (Å²) in [6, 6.07) is 3.78. The fourth-order valence-corrected chi connectivity index (χ4v) is 4.36. The number of methoxy groups -OCH3 is 1. The van der Waals surface area contributed by atoms with Gasteiger partial charge in [-0.2, -0.15) is 0 Å². The van der Waals surface area contributed by atoms with Crippen LogP contribution in [0.5, 0.6) is 11.5 Å². The number of hydrogen-bond acceptors (Lipinski definition) is 8. The van der Waals surface area contributed by atoms with Gasteiger partial charge in [-0.3, -0.25) is 9.59 Å². The van der Waals surface area contributed by atoms with Crippen LogP contribution in [0, 0.1) is 13.8 Å². The Labute approximate surface area is 178 Å². The van der Waals surface area contributed by atoms with Crippen molar-refractivity contribution in [1.29, 1.82) is 0 Å². The predicted octanol–water partition coefficient (Wildman–Crippen LogP) is 3.09. The number of benzene rings is 1. The number of ketones is 1. The number of aromatic hydroxyl groups is 1. The van der Waals surface area contributed by atoms with Crippen LogP contribution in [0.1, 0.15) is 38.9 Å². The van der Waals surface area contributed by atoms with Gasteiger partial charge in [0.05, 0.1) is 40.4 Å². The number of aliphatic hydroxyl groups is 1. The number of Topliss-reactive ketones (excluding diaryl/α,β-unsaturated/α-hetero) is 1. The number of rotatable bonds is 8. The van der Waals surface area contributed by atoms with Crippen LogP contribution in [0.25, 0.3) is 0 Å². The normalized spacial score (nSPS) is 16.5. The molecule has 1 aromatic heterocycles. The number of thiazole rings is 1. The maximum Gasteiger partial charge on any atom is 0.290 e. The van der Waals surface area contributed by atoms with E-state index in [-0.39, 0.29) is 30.2 Å². The number of phenols is 1. The molecule has 0 spiro atoms. The number of aryl methyl sites for hydroxylation is 2. The molecule has 1 unspecified atom stereocenters. The van der Waals surface area contributed by atoms with Gasteiger partial charge in [0.2, 0.25) is 5.78 Å². The number of hydrogen-bond donors (Lipinski definition) is 2. The molecule has 3 rings (SSSR count). The minimum absolute atomic E-state index is 0.0176. The van der Waals surface area contributed by atoms with Crippen LogP contribution >= 0.6 is 11.3 Å². The van der Waals surface area contributed by atoms with Gasteiger partial charge < -0.3 is 24.6 Å². The van der Waals surface area contributed by atoms with Crippen molar-refractivity contribution in [3.63, 3.8) is 0 Å². The largest absolute Gasteiger partial charge is 0.504 e. The number of ether oxygens (including phenoxy) is 2. The van der Waals surface area contributed by atoms with E-state index in [1.807, 2.05) is 0 Å². The molecule has 30 heavy (non-hydrogen) atoms. The quantitative estimate of drug-likeness (QED) is 0.617. The topological polar surface area (TPSA) is 109 Å². The van der Waals surface area contributed by atoms with E-state index in [4.69, 9.17) is 9.47 Å². The summed E-state index contributed by atoms with van der Waals surface area (Å²) in [5.74, 6) is -1.50. The minimum Gasteiger partial charge on any atom is -0.504 e. The van der Waals surface area contributed by atoms with Crippen molar-refractivity contribution >= 4 is 23.0 Å². The van der Waals surface area contributed by atoms with Gasteiger partial charge in [0.15, 0.2) is 17.3 Å². The summed E-state index contributed by atoms with van der Waals surface area (Å²) in [6.07, 6.45) is 0. The molecule has 2 N–H and O–H groups in total. The molecule has 1 aromatic carbocycles. The summed E-state index contributed by atoms with van der Waals surface area (Å²) < 4.78 is 10.6. The first kappa shape index (κ1) is 21.8. The minimum atomic E-state index is -0.846. The molecule has 0 bridgehead atoms. The van der Waals surface area contributed by atoms with Crippen LogP contribution < -0.4 is 4.74 Å². The summed E-state index contributed by atoms with van der Waals surface area (Å²) in [7, 11) is 1.51. The van der Waals surface area contributed by atoms with E-state index in [0.717, 1.165) is 5.01 Å². The fraction of sp³-hybridized carbons (Fsp3) is 0.381. The Morgan fingerprint density at radius 3 is 2.63 bits per heavy atom. The van der Waals surface area contributed by atoms with Gasteiger partial charge in [-0.15, -0.1) is 11.3 Å². The Morgan fingerprint density at radius 1 is 1.30 bits per heavy atom. The Bertz CT molecular complexity index is 1010. The van der Waals surface area contributed by atoms with Crippen molar-refractivity contribution in [2.24, 2.45) is 0 Å². The number of aromatic nitrogens is 1. The molecule has 0 radical (unpaired) electrons. The smallest absolute Gasteiger partial charge is 0.290 e. The molecule has 2 heterocycles. The Hall–Kier alpha value is -2.91. The number of phenolic OH excluding ortho intramolecular Hbond substituents is 1. The first-order valence-corrected chi connectivity index (χ1v) is 10.3.